The van der Waals surface area contributed by atoms with Gasteiger partial charge in [0.15, 0.2) is 5.17 Å². The minimum Gasteiger partial charge on any atom is -0.497 e. The van der Waals surface area contributed by atoms with Crippen LogP contribution in [0.1, 0.15) is 19.3 Å². The maximum absolute atomic E-state index is 13.1. The average molecular weight is 494 g/mol. The molecule has 0 radical (unpaired) electrons. The van der Waals surface area contributed by atoms with Crippen molar-refractivity contribution in [2.75, 3.05) is 19.5 Å². The van der Waals surface area contributed by atoms with Gasteiger partial charge in [-0.15, -0.1) is 0 Å². The Bertz CT molecular complexity index is 1090. The molecule has 1 saturated heterocycles. The predicted octanol–water partition coefficient (Wildman–Crippen LogP) is 5.13. The van der Waals surface area contributed by atoms with Crippen LogP contribution in [0.5, 0.6) is 11.5 Å². The molecular formula is C22H21Cl2N3O4S. The highest BCUT2D eigenvalue weighted by atomic mass is 35.5. The lowest BCUT2D eigenvalue weighted by atomic mass is 10.2. The van der Waals surface area contributed by atoms with Crippen LogP contribution in [0.15, 0.2) is 41.4 Å². The number of hydrogen-bond acceptors (Lipinski definition) is 6. The fourth-order valence-electron chi connectivity index (χ4n) is 3.30. The molecule has 1 aliphatic heterocycles. The SMILES string of the molecule is COc1ccc(NC(=O)CC2SC(=Nc3ccc(Cl)c(Cl)c3)N(C3CC3)C2=O)c(OC)c1. The molecule has 4 rings (SSSR count). The maximum atomic E-state index is 13.1. The van der Waals surface area contributed by atoms with E-state index >= 15 is 0 Å². The number of amidine groups is 1. The Morgan fingerprint density at radius 3 is 2.59 bits per heavy atom. The molecule has 0 aromatic heterocycles. The highest BCUT2D eigenvalue weighted by Gasteiger charge is 2.46. The van der Waals surface area contributed by atoms with E-state index in [1.165, 1.54) is 18.9 Å². The number of methoxy groups -OCH3 is 2. The summed E-state index contributed by atoms with van der Waals surface area (Å²) in [7, 11) is 3.07. The van der Waals surface area contributed by atoms with E-state index in [0.29, 0.717) is 38.1 Å². The van der Waals surface area contributed by atoms with Crippen molar-refractivity contribution < 1.29 is 19.1 Å². The van der Waals surface area contributed by atoms with E-state index in [1.54, 1.807) is 48.4 Å². The van der Waals surface area contributed by atoms with Gasteiger partial charge >= 0.3 is 0 Å². The number of ether oxygens (including phenoxy) is 2. The van der Waals surface area contributed by atoms with E-state index in [9.17, 15) is 9.59 Å². The largest absolute Gasteiger partial charge is 0.497 e. The van der Waals surface area contributed by atoms with E-state index < -0.39 is 5.25 Å². The first-order valence-corrected chi connectivity index (χ1v) is 11.6. The third-order valence-corrected chi connectivity index (χ3v) is 6.95. The number of aliphatic imine (C=N–C) groups is 1. The first-order valence-electron chi connectivity index (χ1n) is 9.95. The van der Waals surface area contributed by atoms with Gasteiger partial charge in [0.05, 0.1) is 35.6 Å². The van der Waals surface area contributed by atoms with Crippen molar-refractivity contribution in [2.24, 2.45) is 4.99 Å². The highest BCUT2D eigenvalue weighted by molar-refractivity contribution is 8.15. The standard InChI is InChI=1S/C22H21Cl2N3O4S/c1-30-14-6-8-17(18(10-14)31-2)26-20(28)11-19-21(29)27(13-4-5-13)22(32-19)25-12-3-7-15(23)16(24)9-12/h3,6-10,13,19H,4-5,11H2,1-2H3,(H,26,28). The normalized spacial score (nSPS) is 19.4. The first-order chi connectivity index (χ1) is 15.4. The number of anilines is 1. The Labute approximate surface area is 200 Å². The third-order valence-electron chi connectivity index (χ3n) is 5.06. The molecule has 1 unspecified atom stereocenters. The minimum absolute atomic E-state index is 0.0162. The summed E-state index contributed by atoms with van der Waals surface area (Å²) in [4.78, 5) is 32.1. The highest BCUT2D eigenvalue weighted by Crippen LogP contribution is 2.40. The summed E-state index contributed by atoms with van der Waals surface area (Å²) in [6.07, 6.45) is 1.87. The minimum atomic E-state index is -0.554. The topological polar surface area (TPSA) is 80.2 Å². The van der Waals surface area contributed by atoms with Crippen molar-refractivity contribution in [1.29, 1.82) is 0 Å². The van der Waals surface area contributed by atoms with Crippen LogP contribution < -0.4 is 14.8 Å². The Balaban J connectivity index is 1.49. The van der Waals surface area contributed by atoms with Gasteiger partial charge in [-0.25, -0.2) is 4.99 Å². The number of nitrogens with one attached hydrogen (secondary N) is 1. The molecule has 2 aromatic rings. The monoisotopic (exact) mass is 493 g/mol. The van der Waals surface area contributed by atoms with Gasteiger partial charge in [-0.1, -0.05) is 35.0 Å². The molecular weight excluding hydrogens is 473 g/mol. The smallest absolute Gasteiger partial charge is 0.242 e. The zero-order chi connectivity index (χ0) is 22.8. The fraction of sp³-hybridized carbons (Fsp3) is 0.318. The third kappa shape index (κ3) is 4.98. The molecule has 1 aliphatic carbocycles. The van der Waals surface area contributed by atoms with Crippen molar-refractivity contribution in [3.8, 4) is 11.5 Å². The van der Waals surface area contributed by atoms with Gasteiger partial charge in [-0.05, 0) is 43.2 Å². The molecule has 10 heteroatoms. The number of carbonyl (C=O) groups excluding carboxylic acids is 2. The Morgan fingerprint density at radius 2 is 1.94 bits per heavy atom. The molecule has 2 aromatic carbocycles. The lowest BCUT2D eigenvalue weighted by molar-refractivity contribution is -0.128. The van der Waals surface area contributed by atoms with Gasteiger partial charge in [0.25, 0.3) is 0 Å². The Hall–Kier alpha value is -2.42. The molecule has 2 fully saturated rings. The summed E-state index contributed by atoms with van der Waals surface area (Å²) in [6, 6.07) is 10.3. The lowest BCUT2D eigenvalue weighted by Crippen LogP contribution is -2.35. The fourth-order valence-corrected chi connectivity index (χ4v) is 4.80. The summed E-state index contributed by atoms with van der Waals surface area (Å²) < 4.78 is 10.5. The summed E-state index contributed by atoms with van der Waals surface area (Å²) in [5.41, 5.74) is 1.12. The van der Waals surface area contributed by atoms with E-state index in [2.05, 4.69) is 10.3 Å². The van der Waals surface area contributed by atoms with Crippen LogP contribution in [0.2, 0.25) is 10.0 Å². The number of halogens is 2. The molecule has 1 saturated carbocycles. The van der Waals surface area contributed by atoms with Gasteiger partial charge in [0.1, 0.15) is 16.7 Å². The number of benzene rings is 2. The first kappa shape index (κ1) is 22.8. The molecule has 1 N–H and O–H groups in total. The number of thioether (sulfide) groups is 1. The second-order valence-electron chi connectivity index (χ2n) is 7.36. The number of amides is 2. The van der Waals surface area contributed by atoms with Crippen LogP contribution in [0.4, 0.5) is 11.4 Å². The predicted molar refractivity (Wildman–Crippen MR) is 128 cm³/mol. The van der Waals surface area contributed by atoms with Gasteiger partial charge < -0.3 is 14.8 Å². The molecule has 7 nitrogen and oxygen atoms in total. The molecule has 32 heavy (non-hydrogen) atoms. The van der Waals surface area contributed by atoms with Crippen LogP contribution >= 0.6 is 35.0 Å². The van der Waals surface area contributed by atoms with E-state index in [1.807, 2.05) is 0 Å². The molecule has 0 spiro atoms. The molecule has 168 valence electrons. The molecule has 2 aliphatic rings. The van der Waals surface area contributed by atoms with Gasteiger partial charge in [0.2, 0.25) is 11.8 Å². The lowest BCUT2D eigenvalue weighted by Gasteiger charge is -2.15. The Kier molecular flexibility index (Phi) is 6.83. The molecule has 1 heterocycles. The molecule has 2 amide bonds. The Morgan fingerprint density at radius 1 is 1.16 bits per heavy atom. The van der Waals surface area contributed by atoms with Crippen LogP contribution in [0.25, 0.3) is 0 Å². The van der Waals surface area contributed by atoms with Gasteiger partial charge in [-0.3, -0.25) is 14.5 Å². The van der Waals surface area contributed by atoms with Crippen molar-refractivity contribution in [2.45, 2.75) is 30.6 Å². The zero-order valence-electron chi connectivity index (χ0n) is 17.4. The summed E-state index contributed by atoms with van der Waals surface area (Å²) in [5.74, 6) is 0.702. The van der Waals surface area contributed by atoms with E-state index in [4.69, 9.17) is 32.7 Å². The van der Waals surface area contributed by atoms with Crippen LogP contribution in [-0.4, -0.2) is 47.4 Å². The zero-order valence-corrected chi connectivity index (χ0v) is 19.8. The second kappa shape index (κ2) is 9.60. The number of rotatable bonds is 7. The quantitative estimate of drug-likeness (QED) is 0.577. The maximum Gasteiger partial charge on any atom is 0.242 e. The van der Waals surface area contributed by atoms with Crippen molar-refractivity contribution >= 4 is 63.3 Å². The number of nitrogens with zero attached hydrogens (tertiary/aromatic N) is 2. The van der Waals surface area contributed by atoms with Crippen molar-refractivity contribution in [1.82, 2.24) is 4.90 Å². The number of hydrogen-bond donors (Lipinski definition) is 1. The summed E-state index contributed by atoms with van der Waals surface area (Å²) in [5, 5.41) is 3.68. The summed E-state index contributed by atoms with van der Waals surface area (Å²) in [6.45, 7) is 0. The van der Waals surface area contributed by atoms with E-state index in [-0.39, 0.29) is 24.3 Å². The summed E-state index contributed by atoms with van der Waals surface area (Å²) >= 11 is 13.4. The molecule has 0 bridgehead atoms. The molecule has 1 atom stereocenters. The van der Waals surface area contributed by atoms with Crippen molar-refractivity contribution in [3.63, 3.8) is 0 Å². The van der Waals surface area contributed by atoms with E-state index in [0.717, 1.165) is 12.8 Å². The van der Waals surface area contributed by atoms with Gasteiger partial charge in [0, 0.05) is 18.5 Å². The van der Waals surface area contributed by atoms with Gasteiger partial charge in [-0.2, -0.15) is 0 Å². The average Bonchev–Trinajstić information content (AvgIpc) is 3.56. The van der Waals surface area contributed by atoms with Crippen LogP contribution in [0.3, 0.4) is 0 Å². The van der Waals surface area contributed by atoms with Crippen LogP contribution in [-0.2, 0) is 9.59 Å². The second-order valence-corrected chi connectivity index (χ2v) is 9.34. The number of carbonyl (C=O) groups is 2. The van der Waals surface area contributed by atoms with Crippen LogP contribution in [0, 0.1) is 0 Å². The van der Waals surface area contributed by atoms with Crippen molar-refractivity contribution in [3.05, 3.63) is 46.4 Å².